The van der Waals surface area contributed by atoms with Crippen LogP contribution in [0, 0.1) is 64.0 Å². The van der Waals surface area contributed by atoms with Crippen LogP contribution in [0.5, 0.6) is 0 Å². The Bertz CT molecular complexity index is 4130. The average molecular weight is 2280 g/mol. The van der Waals surface area contributed by atoms with Gasteiger partial charge in [-0.2, -0.15) is 0 Å². The van der Waals surface area contributed by atoms with Gasteiger partial charge in [0, 0.05) is 71.9 Å². The second-order valence-electron chi connectivity index (χ2n) is 26.0. The van der Waals surface area contributed by atoms with Gasteiger partial charge < -0.3 is 84.1 Å². The van der Waals surface area contributed by atoms with Crippen LogP contribution in [0.4, 0.5) is 30.7 Å². The molecular weight excluding hydrogens is 2190 g/mol. The molecule has 8 aromatic carbocycles. The van der Waals surface area contributed by atoms with Gasteiger partial charge in [0.05, 0.1) is 72.2 Å². The molecule has 0 aromatic heterocycles. The maximum atomic E-state index is 13.2. The molecule has 4 aliphatic rings. The Morgan fingerprint density at radius 3 is 1.13 bits per heavy atom. The Labute approximate surface area is 750 Å². The number of hydrogen-bond donors (Lipinski definition) is 1. The van der Waals surface area contributed by atoms with Gasteiger partial charge >= 0.3 is 50.6 Å². The molecule has 12 rings (SSSR count). The van der Waals surface area contributed by atoms with Crippen molar-refractivity contribution in [1.82, 2.24) is 0 Å². The van der Waals surface area contributed by atoms with E-state index in [-0.39, 0.29) is 99.0 Å². The quantitative estimate of drug-likeness (QED) is 0.0324. The molecule has 0 radical (unpaired) electrons. The van der Waals surface area contributed by atoms with Gasteiger partial charge in [-0.3, -0.25) is 0 Å². The largest absolute Gasteiger partial charge is 0.640 e. The maximum absolute atomic E-state index is 13.2. The molecule has 0 amide bonds. The zero-order valence-corrected chi connectivity index (χ0v) is 77.7. The Hall–Kier alpha value is -2.39. The van der Waals surface area contributed by atoms with Crippen LogP contribution in [0.2, 0.25) is 20.5 Å². The zero-order chi connectivity index (χ0) is 83.1. The summed E-state index contributed by atoms with van der Waals surface area (Å²) >= 11 is 17.4. The minimum Gasteiger partial charge on any atom is -0.427 e. The van der Waals surface area contributed by atoms with Crippen molar-refractivity contribution in [2.45, 2.75) is 119 Å². The molecule has 612 valence electrons. The Balaban J connectivity index is 0.000000208. The minimum absolute atomic E-state index is 0.0132. The van der Waals surface area contributed by atoms with E-state index in [9.17, 15) is 30.7 Å². The summed E-state index contributed by atoms with van der Waals surface area (Å²) in [6.07, 6.45) is 1.96. The SMILES string of the molecule is CB(O)OCc1cc(F)ccc1I.CB(OCc1cc(F)ccc1I)OC(C)C.CC1(C)COB(OCc2cc(F)ccc2Br)OC1.COB(C)OCc1cc(F)ccc1I.Fc1ccc(Br)c(COB2OCCCCO2)c1.Fc1ccc(I)c(COB2OCC(c3ccccc3)O2)c1.Fc1ccc(I)c(COB2OCCO2)c1. The van der Waals surface area contributed by atoms with Gasteiger partial charge in [0.2, 0.25) is 0 Å². The highest BCUT2D eigenvalue weighted by Crippen LogP contribution is 2.29. The summed E-state index contributed by atoms with van der Waals surface area (Å²) in [5.74, 6) is -1.88. The summed E-state index contributed by atoms with van der Waals surface area (Å²) in [5.41, 5.74) is 6.56. The molecule has 1 N–H and O–H groups in total. The van der Waals surface area contributed by atoms with Gasteiger partial charge in [0.1, 0.15) is 40.7 Å². The molecule has 8 aromatic rings. The lowest BCUT2D eigenvalue weighted by Gasteiger charge is -2.32. The Morgan fingerprint density at radius 1 is 0.430 bits per heavy atom. The summed E-state index contributed by atoms with van der Waals surface area (Å²) in [4.78, 5) is 0. The van der Waals surface area contributed by atoms with Crippen molar-refractivity contribution < 1.29 is 115 Å². The van der Waals surface area contributed by atoms with Crippen molar-refractivity contribution in [3.05, 3.63) is 270 Å². The van der Waals surface area contributed by atoms with Crippen LogP contribution in [0.15, 0.2) is 167 Å². The van der Waals surface area contributed by atoms with E-state index in [0.717, 1.165) is 84.1 Å². The van der Waals surface area contributed by atoms with Crippen LogP contribution in [-0.2, 0) is 125 Å². The summed E-state index contributed by atoms with van der Waals surface area (Å²) in [6, 6.07) is 41.8. The predicted molar refractivity (Wildman–Crippen MR) is 476 cm³/mol. The van der Waals surface area contributed by atoms with Crippen molar-refractivity contribution in [1.29, 1.82) is 0 Å². The topological polar surface area (TPSA) is 177 Å². The average Bonchev–Trinajstić information content (AvgIpc) is 1.48. The molecule has 0 saturated carbocycles. The molecular formula is C75H85B7Br2F7I5O18. The van der Waals surface area contributed by atoms with Crippen LogP contribution in [0.1, 0.15) is 91.1 Å². The van der Waals surface area contributed by atoms with E-state index in [1.54, 1.807) is 56.4 Å². The van der Waals surface area contributed by atoms with Crippen LogP contribution in [-0.4, -0.2) is 115 Å². The van der Waals surface area contributed by atoms with E-state index in [4.69, 9.17) is 84.1 Å². The molecule has 114 heavy (non-hydrogen) atoms. The number of halogens is 14. The number of rotatable bonds is 25. The molecule has 1 unspecified atom stereocenters. The van der Waals surface area contributed by atoms with Crippen LogP contribution in [0.3, 0.4) is 0 Å². The molecule has 4 saturated heterocycles. The van der Waals surface area contributed by atoms with Crippen LogP contribution < -0.4 is 0 Å². The van der Waals surface area contributed by atoms with E-state index in [0.29, 0.717) is 66.1 Å². The van der Waals surface area contributed by atoms with Crippen molar-refractivity contribution in [3.63, 3.8) is 0 Å². The zero-order valence-electron chi connectivity index (χ0n) is 63.7. The van der Waals surface area contributed by atoms with Crippen molar-refractivity contribution in [3.8, 4) is 0 Å². The standard InChI is InChI=1S/C15H13BFIO3.C12H15BBrFO3.C11H13BBrFO3.C11H15BFIO2.C9H9BFIO3.C9H11BFIO2.C8H9BFIO2/c17-13-6-7-14(18)12(8-13)9-19-16-20-10-15(21-16)11-4-2-1-3-5-11;1-12(2)7-17-13(18-8-12)16-6-9-5-10(15)3-4-11(9)14;13-11-4-3-10(14)7-9(11)8-17-12-15-5-1-2-6-16-12;1-8(2)16-12(3)15-7-9-6-10(13)4-5-11(9)14;11-8-1-2-9(12)7(5-8)6-15-10-13-3-4-14-10;1-10(13-2)14-6-7-5-8(11)3-4-9(7)12;1-9(12)13-5-6-4-7(10)2-3-8(6)11/h1-8,15H,9-10H2;3-5H,6-8H2,1-2H3;3-4,7H,1-2,5-6,8H2;4-6,8H,7H2,1-3H3;1-2,5H,3-4,6H2;3-5H,6H2,1-2H3;2-4,12H,5H2,1H3. The third kappa shape index (κ3) is 40.5. The van der Waals surface area contributed by atoms with Crippen molar-refractivity contribution in [2.75, 3.05) is 53.4 Å². The first kappa shape index (κ1) is 100. The first-order valence-corrected chi connectivity index (χ1v) is 42.7. The first-order chi connectivity index (χ1) is 54.4. The minimum atomic E-state index is -0.820. The fourth-order valence-electron chi connectivity index (χ4n) is 9.55. The number of hydrogen-bond acceptors (Lipinski definition) is 18. The molecule has 0 bridgehead atoms. The molecule has 0 aliphatic carbocycles. The lowest BCUT2D eigenvalue weighted by atomic mass is 9.93. The second-order valence-corrected chi connectivity index (χ2v) is 33.5. The highest BCUT2D eigenvalue weighted by molar-refractivity contribution is 14.1. The van der Waals surface area contributed by atoms with Gasteiger partial charge in [-0.15, -0.1) is 0 Å². The third-order valence-corrected chi connectivity index (χ3v) is 22.3. The summed E-state index contributed by atoms with van der Waals surface area (Å²) < 4.78 is 188. The smallest absolute Gasteiger partial charge is 0.427 e. The third-order valence-electron chi connectivity index (χ3n) is 15.5. The van der Waals surface area contributed by atoms with Gasteiger partial charge in [0.15, 0.2) is 0 Å². The monoisotopic (exact) mass is 2280 g/mol. The van der Waals surface area contributed by atoms with Crippen molar-refractivity contribution in [2.24, 2.45) is 5.41 Å². The van der Waals surface area contributed by atoms with E-state index < -0.39 is 36.4 Å². The van der Waals surface area contributed by atoms with E-state index >= 15 is 0 Å². The van der Waals surface area contributed by atoms with Crippen LogP contribution >= 0.6 is 145 Å². The first-order valence-electron chi connectivity index (χ1n) is 35.7. The fourth-order valence-corrected chi connectivity index (χ4v) is 12.7. The van der Waals surface area contributed by atoms with Gasteiger partial charge in [-0.25, -0.2) is 30.7 Å². The lowest BCUT2D eigenvalue weighted by Crippen LogP contribution is -2.42. The van der Waals surface area contributed by atoms with Gasteiger partial charge in [-0.05, 0) is 332 Å². The fraction of sp³-hybridized carbons (Fsp3) is 0.360. The Kier molecular flexibility index (Phi) is 48.3. The van der Waals surface area contributed by atoms with Crippen molar-refractivity contribution >= 4 is 195 Å². The number of benzene rings is 8. The second kappa shape index (κ2) is 54.9. The molecule has 4 fully saturated rings. The van der Waals surface area contributed by atoms with Gasteiger partial charge in [0.25, 0.3) is 0 Å². The maximum Gasteiger partial charge on any atom is 0.640 e. The Morgan fingerprint density at radius 2 is 0.754 bits per heavy atom. The van der Waals surface area contributed by atoms with E-state index in [1.807, 2.05) is 51.0 Å². The molecule has 0 spiro atoms. The summed E-state index contributed by atoms with van der Waals surface area (Å²) in [5, 5.41) is 8.86. The molecule has 1 atom stereocenters. The molecule has 4 heterocycles. The van der Waals surface area contributed by atoms with E-state index in [2.05, 4.69) is 159 Å². The van der Waals surface area contributed by atoms with E-state index in [1.165, 1.54) is 91.8 Å². The predicted octanol–water partition coefficient (Wildman–Crippen LogP) is 20.0. The highest BCUT2D eigenvalue weighted by atomic mass is 127. The molecule has 18 nitrogen and oxygen atoms in total. The molecule has 4 aliphatic heterocycles. The summed E-state index contributed by atoms with van der Waals surface area (Å²) in [7, 11) is -2.44. The van der Waals surface area contributed by atoms with Crippen LogP contribution in [0.25, 0.3) is 0 Å². The lowest BCUT2D eigenvalue weighted by molar-refractivity contribution is -0.0214. The van der Waals surface area contributed by atoms with Gasteiger partial charge in [-0.1, -0.05) is 76.0 Å². The normalized spacial score (nSPS) is 14.9. The summed E-state index contributed by atoms with van der Waals surface area (Å²) in [6.45, 7) is 19.2. The molecule has 39 heteroatoms. The highest BCUT2D eigenvalue weighted by Gasteiger charge is 2.36.